The van der Waals surface area contributed by atoms with Crippen LogP contribution in [0.15, 0.2) is 23.5 Å². The minimum Gasteiger partial charge on any atom is -0.355 e. The lowest BCUT2D eigenvalue weighted by Crippen LogP contribution is -2.41. The van der Waals surface area contributed by atoms with Gasteiger partial charge in [0, 0.05) is 18.9 Å². The molecule has 16 heavy (non-hydrogen) atoms. The molecule has 5 heteroatoms. The highest BCUT2D eigenvalue weighted by Gasteiger charge is 1.98. The van der Waals surface area contributed by atoms with Gasteiger partial charge in [-0.25, -0.2) is 10.8 Å². The molecule has 88 valence electrons. The molecule has 4 N–H and O–H groups in total. The van der Waals surface area contributed by atoms with Crippen molar-refractivity contribution in [2.24, 2.45) is 10.8 Å². The van der Waals surface area contributed by atoms with Gasteiger partial charge in [-0.1, -0.05) is 6.92 Å². The predicted octanol–water partition coefficient (Wildman–Crippen LogP) is 0.709. The van der Waals surface area contributed by atoms with Crippen LogP contribution < -0.4 is 16.6 Å². The van der Waals surface area contributed by atoms with Crippen LogP contribution in [0.1, 0.15) is 24.5 Å². The van der Waals surface area contributed by atoms with E-state index in [0.717, 1.165) is 18.5 Å². The van der Waals surface area contributed by atoms with Gasteiger partial charge in [0.25, 0.3) is 0 Å². The van der Waals surface area contributed by atoms with E-state index < -0.39 is 0 Å². The van der Waals surface area contributed by atoms with Crippen LogP contribution in [0.5, 0.6) is 0 Å². The van der Waals surface area contributed by atoms with Crippen LogP contribution in [0.4, 0.5) is 0 Å². The fourth-order valence-corrected chi connectivity index (χ4v) is 1.22. The maximum atomic E-state index is 5.36. The van der Waals surface area contributed by atoms with Crippen LogP contribution in [0, 0.1) is 6.92 Å². The average Bonchev–Trinajstić information content (AvgIpc) is 2.31. The molecular formula is C11H19N5. The molecule has 0 aromatic carbocycles. The van der Waals surface area contributed by atoms with E-state index in [4.69, 9.17) is 5.84 Å². The zero-order valence-electron chi connectivity index (χ0n) is 9.83. The standard InChI is InChI=1S/C11H19N5/c1-3-5-14-11(16-12)15-8-10-7-13-6-4-9(10)2/h4,6-7H,3,5,8,12H2,1-2H3,(H2,14,15,16). The zero-order chi connectivity index (χ0) is 11.8. The number of guanidine groups is 1. The van der Waals surface area contributed by atoms with Gasteiger partial charge in [-0.15, -0.1) is 0 Å². The van der Waals surface area contributed by atoms with E-state index in [1.165, 1.54) is 5.56 Å². The predicted molar refractivity (Wildman–Crippen MR) is 65.7 cm³/mol. The van der Waals surface area contributed by atoms with Gasteiger partial charge in [0.15, 0.2) is 0 Å². The Morgan fingerprint density at radius 1 is 1.56 bits per heavy atom. The van der Waals surface area contributed by atoms with E-state index in [-0.39, 0.29) is 0 Å². The number of rotatable bonds is 4. The fourth-order valence-electron chi connectivity index (χ4n) is 1.22. The van der Waals surface area contributed by atoms with Gasteiger partial charge in [0.05, 0.1) is 6.54 Å². The highest BCUT2D eigenvalue weighted by Crippen LogP contribution is 2.05. The SMILES string of the molecule is CCCNC(=NCc1cnccc1C)NN. The topological polar surface area (TPSA) is 75.3 Å². The molecule has 1 aromatic rings. The van der Waals surface area contributed by atoms with E-state index in [1.54, 1.807) is 6.20 Å². The Balaban J connectivity index is 2.59. The van der Waals surface area contributed by atoms with Crippen LogP contribution in [0.2, 0.25) is 0 Å². The Kier molecular flexibility index (Phi) is 5.28. The first-order valence-corrected chi connectivity index (χ1v) is 5.42. The molecule has 0 saturated carbocycles. The quantitative estimate of drug-likeness (QED) is 0.303. The molecule has 1 heterocycles. The van der Waals surface area contributed by atoms with Crippen molar-refractivity contribution in [1.29, 1.82) is 0 Å². The number of hydrazine groups is 1. The summed E-state index contributed by atoms with van der Waals surface area (Å²) in [6, 6.07) is 1.97. The van der Waals surface area contributed by atoms with Crippen molar-refractivity contribution < 1.29 is 0 Å². The smallest absolute Gasteiger partial charge is 0.206 e. The summed E-state index contributed by atoms with van der Waals surface area (Å²) in [5, 5.41) is 3.10. The van der Waals surface area contributed by atoms with Gasteiger partial charge in [0.2, 0.25) is 5.96 Å². The molecule has 5 nitrogen and oxygen atoms in total. The second-order valence-electron chi connectivity index (χ2n) is 3.54. The summed E-state index contributed by atoms with van der Waals surface area (Å²) in [7, 11) is 0. The van der Waals surface area contributed by atoms with Crippen molar-refractivity contribution in [3.05, 3.63) is 29.6 Å². The molecular weight excluding hydrogens is 202 g/mol. The van der Waals surface area contributed by atoms with Crippen LogP contribution in [-0.4, -0.2) is 17.5 Å². The van der Waals surface area contributed by atoms with Crippen molar-refractivity contribution in [1.82, 2.24) is 15.7 Å². The van der Waals surface area contributed by atoms with E-state index in [2.05, 4.69) is 27.6 Å². The summed E-state index contributed by atoms with van der Waals surface area (Å²) in [4.78, 5) is 8.41. The van der Waals surface area contributed by atoms with Gasteiger partial charge in [-0.2, -0.15) is 0 Å². The van der Waals surface area contributed by atoms with Crippen molar-refractivity contribution in [3.8, 4) is 0 Å². The fraction of sp³-hybridized carbons (Fsp3) is 0.455. The number of nitrogens with two attached hydrogens (primary N) is 1. The molecule has 0 atom stereocenters. The molecule has 0 unspecified atom stereocenters. The second kappa shape index (κ2) is 6.79. The van der Waals surface area contributed by atoms with E-state index in [1.807, 2.05) is 19.2 Å². The lowest BCUT2D eigenvalue weighted by Gasteiger charge is -2.08. The summed E-state index contributed by atoms with van der Waals surface area (Å²) in [5.74, 6) is 5.97. The number of pyridine rings is 1. The number of hydrogen-bond donors (Lipinski definition) is 3. The summed E-state index contributed by atoms with van der Waals surface area (Å²) >= 11 is 0. The van der Waals surface area contributed by atoms with Crippen molar-refractivity contribution in [3.63, 3.8) is 0 Å². The van der Waals surface area contributed by atoms with Crippen molar-refractivity contribution >= 4 is 5.96 Å². The lowest BCUT2D eigenvalue weighted by molar-refractivity contribution is 0.789. The third-order valence-electron chi connectivity index (χ3n) is 2.23. The lowest BCUT2D eigenvalue weighted by atomic mass is 10.2. The molecule has 0 spiro atoms. The molecule has 0 fully saturated rings. The van der Waals surface area contributed by atoms with Gasteiger partial charge < -0.3 is 5.32 Å². The molecule has 1 rings (SSSR count). The highest BCUT2D eigenvalue weighted by molar-refractivity contribution is 5.79. The summed E-state index contributed by atoms with van der Waals surface area (Å²) in [6.07, 6.45) is 4.64. The van der Waals surface area contributed by atoms with E-state index >= 15 is 0 Å². The summed E-state index contributed by atoms with van der Waals surface area (Å²) in [6.45, 7) is 5.57. The number of nitrogens with one attached hydrogen (secondary N) is 2. The monoisotopic (exact) mass is 221 g/mol. The minimum absolute atomic E-state index is 0.579. The molecule has 0 bridgehead atoms. The van der Waals surface area contributed by atoms with Crippen LogP contribution in [-0.2, 0) is 6.54 Å². The first kappa shape index (κ1) is 12.4. The summed E-state index contributed by atoms with van der Waals surface area (Å²) < 4.78 is 0. The van der Waals surface area contributed by atoms with Crippen molar-refractivity contribution in [2.45, 2.75) is 26.8 Å². The maximum absolute atomic E-state index is 5.36. The number of hydrogen-bond acceptors (Lipinski definition) is 3. The maximum Gasteiger partial charge on any atom is 0.206 e. The largest absolute Gasteiger partial charge is 0.355 e. The van der Waals surface area contributed by atoms with Gasteiger partial charge in [0.1, 0.15) is 0 Å². The van der Waals surface area contributed by atoms with Crippen molar-refractivity contribution in [2.75, 3.05) is 6.54 Å². The van der Waals surface area contributed by atoms with Gasteiger partial charge in [-0.3, -0.25) is 10.4 Å². The number of aliphatic imine (C=N–C) groups is 1. The van der Waals surface area contributed by atoms with Gasteiger partial charge in [-0.05, 0) is 30.5 Å². The average molecular weight is 221 g/mol. The Morgan fingerprint density at radius 3 is 3.00 bits per heavy atom. The molecule has 0 aliphatic carbocycles. The minimum atomic E-state index is 0.579. The van der Waals surface area contributed by atoms with Crippen LogP contribution in [0.3, 0.4) is 0 Å². The third kappa shape index (κ3) is 3.86. The van der Waals surface area contributed by atoms with E-state index in [0.29, 0.717) is 12.5 Å². The first-order valence-electron chi connectivity index (χ1n) is 5.42. The number of nitrogens with zero attached hydrogens (tertiary/aromatic N) is 2. The van der Waals surface area contributed by atoms with Gasteiger partial charge >= 0.3 is 0 Å². The molecule has 1 aromatic heterocycles. The second-order valence-corrected chi connectivity index (χ2v) is 3.54. The van der Waals surface area contributed by atoms with Crippen LogP contribution >= 0.6 is 0 Å². The Labute approximate surface area is 96.1 Å². The molecule has 0 aliphatic heterocycles. The normalized spacial score (nSPS) is 11.3. The number of aryl methyl sites for hydroxylation is 1. The van der Waals surface area contributed by atoms with Crippen LogP contribution in [0.25, 0.3) is 0 Å². The van der Waals surface area contributed by atoms with E-state index in [9.17, 15) is 0 Å². The molecule has 0 radical (unpaired) electrons. The molecule has 0 aliphatic rings. The molecule has 0 saturated heterocycles. The summed E-state index contributed by atoms with van der Waals surface area (Å²) in [5.41, 5.74) is 4.84. The number of aromatic nitrogens is 1. The Hall–Kier alpha value is -1.62. The third-order valence-corrected chi connectivity index (χ3v) is 2.23. The Morgan fingerprint density at radius 2 is 2.38 bits per heavy atom. The first-order chi connectivity index (χ1) is 7.77. The molecule has 0 amide bonds. The Bertz CT molecular complexity index is 348. The highest BCUT2D eigenvalue weighted by atomic mass is 15.3. The zero-order valence-corrected chi connectivity index (χ0v) is 9.83.